The number of rotatable bonds is 6. The molecule has 1 saturated carbocycles. The van der Waals surface area contributed by atoms with E-state index in [0.29, 0.717) is 19.7 Å². The van der Waals surface area contributed by atoms with Gasteiger partial charge in [0.2, 0.25) is 0 Å². The van der Waals surface area contributed by atoms with Crippen molar-refractivity contribution >= 4 is 44.7 Å². The number of aryl methyl sites for hydroxylation is 1. The maximum absolute atomic E-state index is 14.2. The largest absolute Gasteiger partial charge is 0.478 e. The topological polar surface area (TPSA) is 49.8 Å². The summed E-state index contributed by atoms with van der Waals surface area (Å²) in [5.74, 6) is -0.600. The Morgan fingerprint density at radius 1 is 1.27 bits per heavy atom. The van der Waals surface area contributed by atoms with Gasteiger partial charge in [0.25, 0.3) is 0 Å². The molecule has 1 aliphatic heterocycles. The van der Waals surface area contributed by atoms with Crippen molar-refractivity contribution < 1.29 is 19.0 Å². The second-order valence-electron chi connectivity index (χ2n) is 9.15. The molecule has 5 rings (SSSR count). The van der Waals surface area contributed by atoms with Gasteiger partial charge in [-0.05, 0) is 55.5 Å². The third kappa shape index (κ3) is 4.48. The van der Waals surface area contributed by atoms with Crippen molar-refractivity contribution in [2.45, 2.75) is 45.1 Å². The lowest BCUT2D eigenvalue weighted by atomic mass is 9.81. The van der Waals surface area contributed by atoms with Crippen LogP contribution in [0, 0.1) is 18.7 Å². The highest BCUT2D eigenvalue weighted by Gasteiger charge is 2.27. The van der Waals surface area contributed by atoms with E-state index in [9.17, 15) is 14.3 Å². The Bertz CT molecular complexity index is 1210. The van der Waals surface area contributed by atoms with Crippen LogP contribution in [0.1, 0.15) is 47.3 Å². The molecule has 0 amide bonds. The Labute approximate surface area is 201 Å². The molecule has 2 aliphatic rings. The van der Waals surface area contributed by atoms with Gasteiger partial charge in [0, 0.05) is 33.6 Å². The van der Waals surface area contributed by atoms with Gasteiger partial charge in [0.05, 0.1) is 29.0 Å². The number of fused-ring (bicyclic) bond motifs is 1. The quantitative estimate of drug-likeness (QED) is 0.401. The molecule has 0 radical (unpaired) electrons. The number of hydrogen-bond acceptors (Lipinski definition) is 4. The van der Waals surface area contributed by atoms with Crippen LogP contribution in [-0.2, 0) is 4.74 Å². The van der Waals surface area contributed by atoms with Gasteiger partial charge < -0.3 is 14.7 Å². The van der Waals surface area contributed by atoms with E-state index >= 15 is 0 Å². The Morgan fingerprint density at radius 2 is 2.09 bits per heavy atom. The third-order valence-corrected chi connectivity index (χ3v) is 8.38. The Kier molecular flexibility index (Phi) is 6.34. The lowest BCUT2D eigenvalue weighted by molar-refractivity contribution is 0.0284. The predicted molar refractivity (Wildman–Crippen MR) is 132 cm³/mol. The number of carboxylic acid groups (broad SMARTS) is 1. The summed E-state index contributed by atoms with van der Waals surface area (Å²) < 4.78 is 21.1. The summed E-state index contributed by atoms with van der Waals surface area (Å²) in [7, 11) is 0. The number of morpholine rings is 1. The van der Waals surface area contributed by atoms with Crippen LogP contribution in [0.2, 0.25) is 5.02 Å². The van der Waals surface area contributed by atoms with Gasteiger partial charge in [0.15, 0.2) is 0 Å². The molecule has 0 unspecified atom stereocenters. The lowest BCUT2D eigenvalue weighted by Gasteiger charge is -2.36. The van der Waals surface area contributed by atoms with Crippen LogP contribution in [0.15, 0.2) is 30.3 Å². The molecule has 0 spiro atoms. The van der Waals surface area contributed by atoms with Gasteiger partial charge in [-0.3, -0.25) is 0 Å². The summed E-state index contributed by atoms with van der Waals surface area (Å²) in [6, 6.07) is 8.64. The van der Waals surface area contributed by atoms with E-state index in [-0.39, 0.29) is 16.7 Å². The molecular weight excluding hydrogens is 461 g/mol. The normalized spacial score (nSPS) is 19.1. The summed E-state index contributed by atoms with van der Waals surface area (Å²) in [4.78, 5) is 15.4. The van der Waals surface area contributed by atoms with E-state index in [1.807, 2.05) is 19.1 Å². The summed E-state index contributed by atoms with van der Waals surface area (Å²) in [5.41, 5.74) is 2.62. The van der Waals surface area contributed by atoms with E-state index in [2.05, 4.69) is 4.90 Å². The Morgan fingerprint density at radius 3 is 2.82 bits per heavy atom. The second-order valence-corrected chi connectivity index (χ2v) is 10.8. The minimum atomic E-state index is -0.962. The first-order chi connectivity index (χ1) is 15.9. The van der Waals surface area contributed by atoms with Gasteiger partial charge in [0.1, 0.15) is 5.82 Å². The van der Waals surface area contributed by atoms with E-state index in [0.717, 1.165) is 44.1 Å². The second kappa shape index (κ2) is 9.24. The smallest absolute Gasteiger partial charge is 0.337 e. The zero-order valence-corrected chi connectivity index (χ0v) is 20.1. The van der Waals surface area contributed by atoms with Crippen LogP contribution < -0.4 is 4.90 Å². The van der Waals surface area contributed by atoms with Crippen LogP contribution in [0.4, 0.5) is 10.1 Å². The van der Waals surface area contributed by atoms with E-state index in [4.69, 9.17) is 16.3 Å². The fourth-order valence-electron chi connectivity index (χ4n) is 5.03. The lowest BCUT2D eigenvalue weighted by Crippen LogP contribution is -2.43. The molecule has 1 saturated heterocycles. The van der Waals surface area contributed by atoms with Crippen LogP contribution in [-0.4, -0.2) is 36.9 Å². The number of halogens is 2. The molecule has 4 nitrogen and oxygen atoms in total. The maximum atomic E-state index is 14.2. The Balaban J connectivity index is 1.45. The zero-order chi connectivity index (χ0) is 23.1. The highest BCUT2D eigenvalue weighted by molar-refractivity contribution is 7.19. The molecule has 1 atom stereocenters. The number of ether oxygens (including phenoxy) is 1. The fourth-order valence-corrected chi connectivity index (χ4v) is 6.36. The minimum absolute atomic E-state index is 0.0936. The first-order valence-electron chi connectivity index (χ1n) is 11.5. The van der Waals surface area contributed by atoms with Crippen molar-refractivity contribution in [3.05, 3.63) is 51.6 Å². The molecule has 0 bridgehead atoms. The van der Waals surface area contributed by atoms with Crippen LogP contribution in [0.3, 0.4) is 0 Å². The molecule has 2 aromatic carbocycles. The maximum Gasteiger partial charge on any atom is 0.337 e. The molecule has 33 heavy (non-hydrogen) atoms. The molecule has 7 heteroatoms. The van der Waals surface area contributed by atoms with E-state index in [1.165, 1.54) is 43.1 Å². The number of anilines is 1. The monoisotopic (exact) mass is 487 g/mol. The summed E-state index contributed by atoms with van der Waals surface area (Å²) in [6.45, 7) is 3.94. The average molecular weight is 488 g/mol. The number of aromatic carboxylic acids is 1. The van der Waals surface area contributed by atoms with E-state index in [1.54, 1.807) is 12.1 Å². The predicted octanol–water partition coefficient (Wildman–Crippen LogP) is 7.15. The number of benzene rings is 2. The molecule has 2 fully saturated rings. The average Bonchev–Trinajstić information content (AvgIpc) is 3.07. The summed E-state index contributed by atoms with van der Waals surface area (Å²) >= 11 is 7.50. The third-order valence-electron chi connectivity index (χ3n) is 7.02. The number of nitrogens with zero attached hydrogens (tertiary/aromatic N) is 1. The van der Waals surface area contributed by atoms with Crippen molar-refractivity contribution in [3.8, 4) is 11.1 Å². The number of carbonyl (C=O) groups is 1. The number of hydrogen-bond donors (Lipinski definition) is 1. The van der Waals surface area contributed by atoms with Gasteiger partial charge >= 0.3 is 5.97 Å². The van der Waals surface area contributed by atoms with Crippen molar-refractivity contribution in [3.63, 3.8) is 0 Å². The minimum Gasteiger partial charge on any atom is -0.478 e. The summed E-state index contributed by atoms with van der Waals surface area (Å²) in [6.07, 6.45) is 6.35. The van der Waals surface area contributed by atoms with Gasteiger partial charge in [-0.15, -0.1) is 11.3 Å². The highest BCUT2D eigenvalue weighted by Crippen LogP contribution is 2.41. The van der Waals surface area contributed by atoms with Crippen molar-refractivity contribution in [2.75, 3.05) is 24.6 Å². The standard InChI is InChI=1S/C26H27ClFNO3S/c1-15-25(20-12-22(28)21(27)13-24(20)33-15)17-6-8-23(19(11-17)26(30)31)29-9-10-32-18(14-29)7-5-16-3-2-4-16/h6,8,11-13,16,18H,2-5,7,9-10,14H2,1H3,(H,30,31)/t18-/m1/s1. The zero-order valence-electron chi connectivity index (χ0n) is 18.6. The van der Waals surface area contributed by atoms with Gasteiger partial charge in [-0.2, -0.15) is 0 Å². The molecule has 174 valence electrons. The SMILES string of the molecule is Cc1sc2cc(Cl)c(F)cc2c1-c1ccc(N2CCO[C@H](CCC3CCC3)C2)c(C(=O)O)c1. The number of carboxylic acids is 1. The Hall–Kier alpha value is -2.15. The van der Waals surface area contributed by atoms with Crippen molar-refractivity contribution in [2.24, 2.45) is 5.92 Å². The molecule has 2 heterocycles. The highest BCUT2D eigenvalue weighted by atomic mass is 35.5. The fraction of sp³-hybridized carbons (Fsp3) is 0.423. The van der Waals surface area contributed by atoms with Crippen molar-refractivity contribution in [1.82, 2.24) is 0 Å². The van der Waals surface area contributed by atoms with Crippen LogP contribution in [0.25, 0.3) is 21.2 Å². The first-order valence-corrected chi connectivity index (χ1v) is 12.7. The van der Waals surface area contributed by atoms with Gasteiger partial charge in [-0.25, -0.2) is 9.18 Å². The van der Waals surface area contributed by atoms with E-state index < -0.39 is 11.8 Å². The molecule has 1 aliphatic carbocycles. The van der Waals surface area contributed by atoms with Gasteiger partial charge in [-0.1, -0.05) is 36.9 Å². The summed E-state index contributed by atoms with van der Waals surface area (Å²) in [5, 5.41) is 10.9. The molecule has 3 aromatic rings. The number of thiophene rings is 1. The molecule has 1 N–H and O–H groups in total. The van der Waals surface area contributed by atoms with Crippen LogP contribution >= 0.6 is 22.9 Å². The first kappa shape index (κ1) is 22.6. The molecular formula is C26H27ClFNO3S. The van der Waals surface area contributed by atoms with Crippen molar-refractivity contribution in [1.29, 1.82) is 0 Å². The molecule has 1 aromatic heterocycles. The van der Waals surface area contributed by atoms with Crippen LogP contribution in [0.5, 0.6) is 0 Å².